The number of pyridine rings is 1. The van der Waals surface area contributed by atoms with Crippen LogP contribution in [0, 0.1) is 0 Å². The highest BCUT2D eigenvalue weighted by atomic mass is 79.9. The molecule has 0 atom stereocenters. The maximum atomic E-state index is 4.14. The van der Waals surface area contributed by atoms with Crippen LogP contribution in [0.3, 0.4) is 0 Å². The molecule has 1 N–H and O–H groups in total. The van der Waals surface area contributed by atoms with E-state index in [0.717, 1.165) is 15.9 Å². The van der Waals surface area contributed by atoms with Gasteiger partial charge in [-0.05, 0) is 33.6 Å². The molecule has 4 heteroatoms. The van der Waals surface area contributed by atoms with E-state index < -0.39 is 0 Å². The third-order valence-electron chi connectivity index (χ3n) is 1.92. The summed E-state index contributed by atoms with van der Waals surface area (Å²) in [6.45, 7) is 4.00. The second kappa shape index (κ2) is 8.42. The van der Waals surface area contributed by atoms with Crippen LogP contribution in [0.4, 0.5) is 5.82 Å². The van der Waals surface area contributed by atoms with Gasteiger partial charge < -0.3 is 0 Å². The number of benzene rings is 1. The summed E-state index contributed by atoms with van der Waals surface area (Å²) in [5, 5.41) is 4.09. The van der Waals surface area contributed by atoms with Crippen molar-refractivity contribution in [2.75, 3.05) is 5.43 Å². The molecule has 18 heavy (non-hydrogen) atoms. The third-order valence-corrected chi connectivity index (χ3v) is 2.39. The Hall–Kier alpha value is -1.68. The lowest BCUT2D eigenvalue weighted by Gasteiger charge is -1.98. The number of rotatable bonds is 3. The van der Waals surface area contributed by atoms with Gasteiger partial charge in [-0.15, -0.1) is 0 Å². The van der Waals surface area contributed by atoms with Crippen LogP contribution in [-0.4, -0.2) is 11.2 Å². The average molecular weight is 306 g/mol. The molecule has 2 aromatic rings. The molecular formula is C14H16BrN3. The molecule has 0 saturated heterocycles. The van der Waals surface area contributed by atoms with Gasteiger partial charge in [0.05, 0.1) is 6.21 Å². The van der Waals surface area contributed by atoms with Crippen LogP contribution in [-0.2, 0) is 0 Å². The molecule has 0 aliphatic rings. The molecule has 1 heterocycles. The lowest BCUT2D eigenvalue weighted by Crippen LogP contribution is -1.92. The molecule has 1 aromatic carbocycles. The van der Waals surface area contributed by atoms with Crippen molar-refractivity contribution < 1.29 is 0 Å². The highest BCUT2D eigenvalue weighted by Crippen LogP contribution is 2.10. The molecule has 0 fully saturated rings. The molecule has 3 nitrogen and oxygen atoms in total. The van der Waals surface area contributed by atoms with E-state index in [2.05, 4.69) is 31.4 Å². The molecule has 0 aliphatic heterocycles. The summed E-state index contributed by atoms with van der Waals surface area (Å²) >= 11 is 3.32. The van der Waals surface area contributed by atoms with Gasteiger partial charge in [-0.25, -0.2) is 4.98 Å². The van der Waals surface area contributed by atoms with Gasteiger partial charge in [-0.3, -0.25) is 5.43 Å². The van der Waals surface area contributed by atoms with Crippen molar-refractivity contribution in [2.24, 2.45) is 5.10 Å². The zero-order valence-corrected chi connectivity index (χ0v) is 12.1. The van der Waals surface area contributed by atoms with Crippen LogP contribution >= 0.6 is 15.9 Å². The SMILES string of the molecule is Brc1ccc(N/N=C\c2ccccc2)nc1.CC. The Morgan fingerprint density at radius 3 is 2.44 bits per heavy atom. The average Bonchev–Trinajstić information content (AvgIpc) is 2.44. The van der Waals surface area contributed by atoms with E-state index in [1.807, 2.05) is 56.3 Å². The predicted molar refractivity (Wildman–Crippen MR) is 80.9 cm³/mol. The summed E-state index contributed by atoms with van der Waals surface area (Å²) in [6.07, 6.45) is 3.48. The minimum Gasteiger partial charge on any atom is -0.261 e. The second-order valence-corrected chi connectivity index (χ2v) is 4.06. The summed E-state index contributed by atoms with van der Waals surface area (Å²) in [5.74, 6) is 0.718. The van der Waals surface area contributed by atoms with E-state index in [0.29, 0.717) is 0 Å². The third kappa shape index (κ3) is 5.10. The van der Waals surface area contributed by atoms with Crippen LogP contribution < -0.4 is 5.43 Å². The summed E-state index contributed by atoms with van der Waals surface area (Å²) < 4.78 is 0.949. The van der Waals surface area contributed by atoms with Crippen molar-refractivity contribution in [3.05, 3.63) is 58.7 Å². The standard InChI is InChI=1S/C12H10BrN3.C2H6/c13-11-6-7-12(14-9-11)16-15-8-10-4-2-1-3-5-10;1-2/h1-9H,(H,14,16);1-2H3/b15-8-;. The number of nitrogens with one attached hydrogen (secondary N) is 1. The molecule has 0 spiro atoms. The van der Waals surface area contributed by atoms with Crippen LogP contribution in [0.2, 0.25) is 0 Å². The molecule has 94 valence electrons. The van der Waals surface area contributed by atoms with E-state index in [9.17, 15) is 0 Å². The molecule has 0 aliphatic carbocycles. The van der Waals surface area contributed by atoms with Crippen molar-refractivity contribution >= 4 is 28.0 Å². The molecule has 1 aromatic heterocycles. The molecule has 2 rings (SSSR count). The Morgan fingerprint density at radius 2 is 1.83 bits per heavy atom. The highest BCUT2D eigenvalue weighted by molar-refractivity contribution is 9.10. The normalized spacial score (nSPS) is 9.72. The fourth-order valence-corrected chi connectivity index (χ4v) is 1.39. The summed E-state index contributed by atoms with van der Waals surface area (Å²) in [7, 11) is 0. The first-order chi connectivity index (χ1) is 8.84. The molecule has 0 bridgehead atoms. The van der Waals surface area contributed by atoms with Crippen LogP contribution in [0.5, 0.6) is 0 Å². The Morgan fingerprint density at radius 1 is 1.11 bits per heavy atom. The smallest absolute Gasteiger partial charge is 0.146 e. The lowest BCUT2D eigenvalue weighted by atomic mass is 10.2. The van der Waals surface area contributed by atoms with E-state index in [4.69, 9.17) is 0 Å². The maximum Gasteiger partial charge on any atom is 0.146 e. The minimum atomic E-state index is 0.718. The molecular weight excluding hydrogens is 290 g/mol. The number of hydrogen-bond acceptors (Lipinski definition) is 3. The summed E-state index contributed by atoms with van der Waals surface area (Å²) in [4.78, 5) is 4.14. The topological polar surface area (TPSA) is 37.3 Å². The molecule has 0 saturated carbocycles. The fourth-order valence-electron chi connectivity index (χ4n) is 1.15. The van der Waals surface area contributed by atoms with Crippen LogP contribution in [0.15, 0.2) is 58.2 Å². The van der Waals surface area contributed by atoms with Gasteiger partial charge in [-0.1, -0.05) is 44.2 Å². The Kier molecular flexibility index (Phi) is 6.72. The monoisotopic (exact) mass is 305 g/mol. The van der Waals surface area contributed by atoms with E-state index in [1.165, 1.54) is 0 Å². The number of anilines is 1. The first-order valence-corrected chi connectivity index (χ1v) is 6.59. The van der Waals surface area contributed by atoms with Crippen molar-refractivity contribution in [2.45, 2.75) is 13.8 Å². The molecule has 0 radical (unpaired) electrons. The van der Waals surface area contributed by atoms with E-state index in [1.54, 1.807) is 12.4 Å². The molecule has 0 unspecified atom stereocenters. The summed E-state index contributed by atoms with van der Waals surface area (Å²) in [6, 6.07) is 13.7. The first kappa shape index (κ1) is 14.4. The highest BCUT2D eigenvalue weighted by Gasteiger charge is 1.90. The Bertz CT molecular complexity index is 466. The van der Waals surface area contributed by atoms with Crippen LogP contribution in [0.1, 0.15) is 19.4 Å². The number of aromatic nitrogens is 1. The molecule has 0 amide bonds. The lowest BCUT2D eigenvalue weighted by molar-refractivity contribution is 1.22. The van der Waals surface area contributed by atoms with Crippen molar-refractivity contribution in [3.63, 3.8) is 0 Å². The first-order valence-electron chi connectivity index (χ1n) is 5.80. The zero-order chi connectivity index (χ0) is 13.2. The predicted octanol–water partition coefficient (Wildman–Crippen LogP) is 4.32. The van der Waals surface area contributed by atoms with Gasteiger partial charge in [0.25, 0.3) is 0 Å². The summed E-state index contributed by atoms with van der Waals surface area (Å²) in [5.41, 5.74) is 3.91. The van der Waals surface area contributed by atoms with Crippen molar-refractivity contribution in [3.8, 4) is 0 Å². The number of hydrogen-bond donors (Lipinski definition) is 1. The second-order valence-electron chi connectivity index (χ2n) is 3.14. The fraction of sp³-hybridized carbons (Fsp3) is 0.143. The van der Waals surface area contributed by atoms with Gasteiger partial charge in [0.1, 0.15) is 5.82 Å². The van der Waals surface area contributed by atoms with E-state index in [-0.39, 0.29) is 0 Å². The van der Waals surface area contributed by atoms with Gasteiger partial charge >= 0.3 is 0 Å². The number of halogens is 1. The van der Waals surface area contributed by atoms with Crippen molar-refractivity contribution in [1.29, 1.82) is 0 Å². The quantitative estimate of drug-likeness (QED) is 0.677. The zero-order valence-electron chi connectivity index (χ0n) is 10.5. The Balaban J connectivity index is 0.000000771. The minimum absolute atomic E-state index is 0.718. The van der Waals surface area contributed by atoms with Gasteiger partial charge in [0.2, 0.25) is 0 Å². The van der Waals surface area contributed by atoms with E-state index >= 15 is 0 Å². The number of nitrogens with zero attached hydrogens (tertiary/aromatic N) is 2. The maximum absolute atomic E-state index is 4.14. The van der Waals surface area contributed by atoms with Gasteiger partial charge in [0, 0.05) is 10.7 Å². The van der Waals surface area contributed by atoms with Gasteiger partial charge in [-0.2, -0.15) is 5.10 Å². The largest absolute Gasteiger partial charge is 0.261 e. The van der Waals surface area contributed by atoms with Crippen molar-refractivity contribution in [1.82, 2.24) is 4.98 Å². The van der Waals surface area contributed by atoms with Gasteiger partial charge in [0.15, 0.2) is 0 Å². The Labute approximate surface area is 116 Å². The van der Waals surface area contributed by atoms with Crippen LogP contribution in [0.25, 0.3) is 0 Å². The number of hydrazone groups is 1.